The number of aryl methyl sites for hydroxylation is 1. The summed E-state index contributed by atoms with van der Waals surface area (Å²) in [6, 6.07) is 25.7. The van der Waals surface area contributed by atoms with Crippen molar-refractivity contribution in [1.29, 1.82) is 0 Å². The van der Waals surface area contributed by atoms with Crippen LogP contribution in [0.25, 0.3) is 0 Å². The number of amides is 1. The van der Waals surface area contributed by atoms with Crippen molar-refractivity contribution in [1.82, 2.24) is 0 Å². The molecule has 3 aromatic rings. The number of anilines is 1. The fraction of sp³-hybridized carbons (Fsp3) is 0.240. The maximum absolute atomic E-state index is 13.2. The molecule has 0 aliphatic rings. The van der Waals surface area contributed by atoms with Gasteiger partial charge in [0.05, 0.1) is 19.3 Å². The molecule has 0 fully saturated rings. The monoisotopic (exact) mass is 389 g/mol. The fourth-order valence-electron chi connectivity index (χ4n) is 3.44. The van der Waals surface area contributed by atoms with Crippen molar-refractivity contribution in [2.75, 3.05) is 19.0 Å². The van der Waals surface area contributed by atoms with Gasteiger partial charge in [-0.25, -0.2) is 0 Å². The first-order valence-corrected chi connectivity index (χ1v) is 9.97. The molecule has 0 aromatic heterocycles. The third-order valence-corrected chi connectivity index (χ3v) is 5.15. The number of carbonyl (C=O) groups is 1. The molecule has 0 saturated carbocycles. The number of carbonyl (C=O) groups excluding carboxylic acids is 1. The van der Waals surface area contributed by atoms with Gasteiger partial charge in [0, 0.05) is 11.5 Å². The molecule has 0 bridgehead atoms. The van der Waals surface area contributed by atoms with E-state index in [1.54, 1.807) is 7.11 Å². The Hall–Kier alpha value is -3.11. The maximum atomic E-state index is 13.2. The van der Waals surface area contributed by atoms with E-state index >= 15 is 0 Å². The topological polar surface area (TPSA) is 54.9 Å². The van der Waals surface area contributed by atoms with E-state index in [1.165, 1.54) is 5.56 Å². The molecule has 1 amide bonds. The number of rotatable bonds is 8. The van der Waals surface area contributed by atoms with Crippen molar-refractivity contribution in [3.63, 3.8) is 0 Å². The standard InChI is InChI=1S/C25H28N2O2/c1-18-14-15-23(29-3)22(16-18)27-25(28)24(21-12-8-5-9-13-21)26-17-19(2)20-10-6-4-7-11-20/h4-16,19,24,26H,17H2,1-3H3,(H,27,28)/p+1/t19-,24-/m1/s1. The van der Waals surface area contributed by atoms with Crippen molar-refractivity contribution in [2.45, 2.75) is 25.8 Å². The van der Waals surface area contributed by atoms with Crippen molar-refractivity contribution in [3.8, 4) is 5.75 Å². The summed E-state index contributed by atoms with van der Waals surface area (Å²) in [5, 5.41) is 5.18. The second-order valence-corrected chi connectivity index (χ2v) is 7.36. The molecule has 0 saturated heterocycles. The van der Waals surface area contributed by atoms with Crippen molar-refractivity contribution in [2.24, 2.45) is 0 Å². The number of methoxy groups -OCH3 is 1. The Morgan fingerprint density at radius 2 is 1.59 bits per heavy atom. The lowest BCUT2D eigenvalue weighted by molar-refractivity contribution is -0.684. The summed E-state index contributed by atoms with van der Waals surface area (Å²) in [7, 11) is 1.61. The van der Waals surface area contributed by atoms with Gasteiger partial charge in [0.1, 0.15) is 5.75 Å². The van der Waals surface area contributed by atoms with Crippen LogP contribution in [-0.4, -0.2) is 19.6 Å². The van der Waals surface area contributed by atoms with Crippen LogP contribution in [0.3, 0.4) is 0 Å². The van der Waals surface area contributed by atoms with Crippen molar-refractivity contribution >= 4 is 11.6 Å². The molecule has 0 spiro atoms. The molecular formula is C25H29N2O2+. The zero-order chi connectivity index (χ0) is 20.6. The summed E-state index contributed by atoms with van der Waals surface area (Å²) in [5.41, 5.74) is 4.02. The van der Waals surface area contributed by atoms with Gasteiger partial charge in [-0.05, 0) is 30.2 Å². The highest BCUT2D eigenvalue weighted by Crippen LogP contribution is 2.26. The number of benzene rings is 3. The molecule has 0 aliphatic carbocycles. The van der Waals surface area contributed by atoms with Gasteiger partial charge in [-0.2, -0.15) is 0 Å². The highest BCUT2D eigenvalue weighted by molar-refractivity contribution is 5.95. The van der Waals surface area contributed by atoms with E-state index < -0.39 is 0 Å². The Kier molecular flexibility index (Phi) is 7.04. The van der Waals surface area contributed by atoms with Crippen LogP contribution < -0.4 is 15.4 Å². The molecule has 150 valence electrons. The second kappa shape index (κ2) is 9.89. The average Bonchev–Trinajstić information content (AvgIpc) is 2.75. The number of quaternary nitrogens is 1. The van der Waals surface area contributed by atoms with Gasteiger partial charge in [-0.15, -0.1) is 0 Å². The van der Waals surface area contributed by atoms with Gasteiger partial charge in [-0.1, -0.05) is 73.7 Å². The summed E-state index contributed by atoms with van der Waals surface area (Å²) in [4.78, 5) is 13.2. The number of ether oxygens (including phenoxy) is 1. The summed E-state index contributed by atoms with van der Waals surface area (Å²) in [6.07, 6.45) is 0. The van der Waals surface area contributed by atoms with E-state index in [1.807, 2.05) is 61.5 Å². The van der Waals surface area contributed by atoms with Gasteiger partial charge in [0.25, 0.3) is 5.91 Å². The minimum Gasteiger partial charge on any atom is -0.495 e. The van der Waals surface area contributed by atoms with Gasteiger partial charge in [0.15, 0.2) is 6.04 Å². The quantitative estimate of drug-likeness (QED) is 0.611. The van der Waals surface area contributed by atoms with E-state index in [9.17, 15) is 4.79 Å². The lowest BCUT2D eigenvalue weighted by Crippen LogP contribution is -2.88. The van der Waals surface area contributed by atoms with Crippen LogP contribution in [0.4, 0.5) is 5.69 Å². The first-order valence-electron chi connectivity index (χ1n) is 9.97. The summed E-state index contributed by atoms with van der Waals surface area (Å²) >= 11 is 0. The molecule has 0 unspecified atom stereocenters. The molecule has 29 heavy (non-hydrogen) atoms. The molecule has 0 aliphatic heterocycles. The fourth-order valence-corrected chi connectivity index (χ4v) is 3.44. The highest BCUT2D eigenvalue weighted by Gasteiger charge is 2.26. The summed E-state index contributed by atoms with van der Waals surface area (Å²) in [5.74, 6) is 0.942. The van der Waals surface area contributed by atoms with Gasteiger partial charge in [-0.3, -0.25) is 4.79 Å². The molecular weight excluding hydrogens is 360 g/mol. The van der Waals surface area contributed by atoms with Crippen LogP contribution in [0.1, 0.15) is 35.6 Å². The molecule has 2 atom stereocenters. The second-order valence-electron chi connectivity index (χ2n) is 7.36. The predicted octanol–water partition coefficient (Wildman–Crippen LogP) is 4.05. The minimum atomic E-state index is -0.340. The van der Waals surface area contributed by atoms with Gasteiger partial charge >= 0.3 is 0 Å². The lowest BCUT2D eigenvalue weighted by Gasteiger charge is -2.19. The average molecular weight is 390 g/mol. The van der Waals surface area contributed by atoms with Crippen molar-refractivity contribution in [3.05, 3.63) is 95.6 Å². The predicted molar refractivity (Wildman–Crippen MR) is 117 cm³/mol. The summed E-state index contributed by atoms with van der Waals surface area (Å²) < 4.78 is 5.42. The lowest BCUT2D eigenvalue weighted by atomic mass is 9.99. The Morgan fingerprint density at radius 3 is 2.21 bits per heavy atom. The van der Waals surface area contributed by atoms with E-state index in [4.69, 9.17) is 4.74 Å². The molecule has 0 heterocycles. The molecule has 4 nitrogen and oxygen atoms in total. The third kappa shape index (κ3) is 5.46. The maximum Gasteiger partial charge on any atom is 0.287 e. The normalized spacial score (nSPS) is 12.8. The number of hydrogen-bond acceptors (Lipinski definition) is 2. The highest BCUT2D eigenvalue weighted by atomic mass is 16.5. The molecule has 3 rings (SSSR count). The largest absolute Gasteiger partial charge is 0.495 e. The van der Waals surface area contributed by atoms with E-state index in [0.29, 0.717) is 17.4 Å². The SMILES string of the molecule is COc1ccc(C)cc1NC(=O)[C@H]([NH2+]C[C@@H](C)c1ccccc1)c1ccccc1. The Bertz CT molecular complexity index is 926. The van der Waals surface area contributed by atoms with Crippen LogP contribution >= 0.6 is 0 Å². The first-order chi connectivity index (χ1) is 14.1. The van der Waals surface area contributed by atoms with E-state index in [-0.39, 0.29) is 11.9 Å². The van der Waals surface area contributed by atoms with Gasteiger partial charge < -0.3 is 15.4 Å². The zero-order valence-electron chi connectivity index (χ0n) is 17.3. The smallest absolute Gasteiger partial charge is 0.287 e. The summed E-state index contributed by atoms with van der Waals surface area (Å²) in [6.45, 7) is 4.99. The van der Waals surface area contributed by atoms with Crippen LogP contribution in [0.5, 0.6) is 5.75 Å². The van der Waals surface area contributed by atoms with E-state index in [2.05, 4.69) is 41.8 Å². The molecule has 3 aromatic carbocycles. The minimum absolute atomic E-state index is 0.0552. The van der Waals surface area contributed by atoms with Crippen LogP contribution in [0.2, 0.25) is 0 Å². The van der Waals surface area contributed by atoms with Crippen LogP contribution in [-0.2, 0) is 4.79 Å². The molecule has 3 N–H and O–H groups in total. The number of hydrogen-bond donors (Lipinski definition) is 2. The Morgan fingerprint density at radius 1 is 0.966 bits per heavy atom. The van der Waals surface area contributed by atoms with E-state index in [0.717, 1.165) is 17.7 Å². The molecule has 4 heteroatoms. The first kappa shape index (κ1) is 20.6. The Balaban J connectivity index is 1.79. The van der Waals surface area contributed by atoms with Crippen molar-refractivity contribution < 1.29 is 14.8 Å². The zero-order valence-corrected chi connectivity index (χ0v) is 17.3. The number of nitrogens with one attached hydrogen (secondary N) is 1. The van der Waals surface area contributed by atoms with Gasteiger partial charge in [0.2, 0.25) is 0 Å². The van der Waals surface area contributed by atoms with Crippen LogP contribution in [0.15, 0.2) is 78.9 Å². The number of nitrogens with two attached hydrogens (primary N) is 1. The molecule has 0 radical (unpaired) electrons. The Labute approximate surface area is 172 Å². The third-order valence-electron chi connectivity index (χ3n) is 5.15. The van der Waals surface area contributed by atoms with Crippen LogP contribution in [0, 0.1) is 6.92 Å².